The quantitative estimate of drug-likeness (QED) is 0.683. The van der Waals surface area contributed by atoms with Crippen molar-refractivity contribution < 1.29 is 4.74 Å². The molecule has 1 aromatic rings. The van der Waals surface area contributed by atoms with Crippen LogP contribution in [0.3, 0.4) is 0 Å². The van der Waals surface area contributed by atoms with Gasteiger partial charge in [-0.1, -0.05) is 17.7 Å². The van der Waals surface area contributed by atoms with Crippen molar-refractivity contribution in [2.24, 2.45) is 5.73 Å². The van der Waals surface area contributed by atoms with E-state index in [2.05, 4.69) is 0 Å². The molecule has 0 bridgehead atoms. The van der Waals surface area contributed by atoms with Crippen molar-refractivity contribution in [1.29, 1.82) is 5.26 Å². The van der Waals surface area contributed by atoms with Crippen LogP contribution < -0.4 is 10.5 Å². The third-order valence-corrected chi connectivity index (χ3v) is 2.43. The number of nitrogens with two attached hydrogens (primary N) is 1. The first-order valence-corrected chi connectivity index (χ1v) is 4.22. The summed E-state index contributed by atoms with van der Waals surface area (Å²) in [5.41, 5.74) is 7.04. The number of halogens is 1. The van der Waals surface area contributed by atoms with E-state index in [1.807, 2.05) is 6.07 Å². The first-order valence-electron chi connectivity index (χ1n) is 3.85. The molecule has 0 radical (unpaired) electrons. The largest absolute Gasteiger partial charge is 0.490 e. The number of fused-ring (bicyclic) bond motifs is 1. The van der Waals surface area contributed by atoms with Gasteiger partial charge in [-0.25, -0.2) is 0 Å². The summed E-state index contributed by atoms with van der Waals surface area (Å²) in [5.74, 6) is 0.563. The smallest absolute Gasteiger partial charge is 0.144 e. The molecule has 0 aliphatic carbocycles. The number of nitriles is 1. The summed E-state index contributed by atoms with van der Waals surface area (Å²) in [6, 6.07) is 5.31. The van der Waals surface area contributed by atoms with Crippen molar-refractivity contribution in [2.75, 3.05) is 6.61 Å². The number of nitrogens with zero attached hydrogens (tertiary/aromatic N) is 1. The molecule has 3 nitrogen and oxygen atoms in total. The molecule has 2 rings (SSSR count). The summed E-state index contributed by atoms with van der Waals surface area (Å²) in [5, 5.41) is 9.06. The van der Waals surface area contributed by atoms with Gasteiger partial charge in [-0.05, 0) is 6.07 Å². The van der Waals surface area contributed by atoms with E-state index in [0.29, 0.717) is 22.9 Å². The highest BCUT2D eigenvalue weighted by molar-refractivity contribution is 6.33. The minimum Gasteiger partial charge on any atom is -0.490 e. The van der Waals surface area contributed by atoms with Gasteiger partial charge in [-0.15, -0.1) is 0 Å². The fraction of sp³-hybridized carbons (Fsp3) is 0.222. The molecule has 1 unspecified atom stereocenters. The molecule has 1 heterocycles. The van der Waals surface area contributed by atoms with Gasteiger partial charge < -0.3 is 10.5 Å². The highest BCUT2D eigenvalue weighted by Gasteiger charge is 2.24. The van der Waals surface area contributed by atoms with Crippen molar-refractivity contribution in [3.05, 3.63) is 28.3 Å². The van der Waals surface area contributed by atoms with Crippen LogP contribution in [0.15, 0.2) is 12.1 Å². The van der Waals surface area contributed by atoms with Gasteiger partial charge in [0.25, 0.3) is 0 Å². The van der Waals surface area contributed by atoms with Gasteiger partial charge in [0.1, 0.15) is 23.4 Å². The average Bonchev–Trinajstić information content (AvgIpc) is 2.50. The minimum absolute atomic E-state index is 0.125. The van der Waals surface area contributed by atoms with E-state index in [1.165, 1.54) is 0 Å². The molecule has 13 heavy (non-hydrogen) atoms. The fourth-order valence-corrected chi connectivity index (χ4v) is 1.63. The molecule has 0 aromatic heterocycles. The molecule has 0 spiro atoms. The Morgan fingerprint density at radius 2 is 2.38 bits per heavy atom. The highest BCUT2D eigenvalue weighted by atomic mass is 35.5. The Balaban J connectivity index is 2.62. The van der Waals surface area contributed by atoms with E-state index >= 15 is 0 Å². The van der Waals surface area contributed by atoms with Crippen LogP contribution in [0.4, 0.5) is 0 Å². The maximum absolute atomic E-state index is 8.69. The van der Waals surface area contributed by atoms with Crippen LogP contribution >= 0.6 is 11.6 Å². The lowest BCUT2D eigenvalue weighted by atomic mass is 10.1. The van der Waals surface area contributed by atoms with Crippen LogP contribution in [0.5, 0.6) is 5.75 Å². The van der Waals surface area contributed by atoms with Crippen LogP contribution in [-0.2, 0) is 0 Å². The highest BCUT2D eigenvalue weighted by Crippen LogP contribution is 2.38. The number of hydrogen-bond donors (Lipinski definition) is 1. The SMILES string of the molecule is N#Cc1ccc2c(c1Cl)OCC2N. The summed E-state index contributed by atoms with van der Waals surface area (Å²) in [4.78, 5) is 0. The molecule has 1 aliphatic heterocycles. The maximum Gasteiger partial charge on any atom is 0.144 e. The predicted octanol–water partition coefficient (Wildman–Crippen LogP) is 1.60. The van der Waals surface area contributed by atoms with Gasteiger partial charge in [0.05, 0.1) is 11.6 Å². The molecule has 0 saturated carbocycles. The van der Waals surface area contributed by atoms with Crippen LogP contribution in [-0.4, -0.2) is 6.61 Å². The van der Waals surface area contributed by atoms with Crippen LogP contribution in [0, 0.1) is 11.3 Å². The molecule has 66 valence electrons. The standard InChI is InChI=1S/C9H7ClN2O/c10-8-5(3-11)1-2-6-7(12)4-13-9(6)8/h1-2,7H,4,12H2. The van der Waals surface area contributed by atoms with Crippen molar-refractivity contribution in [1.82, 2.24) is 0 Å². The molecule has 1 aliphatic rings. The second kappa shape index (κ2) is 2.91. The zero-order valence-electron chi connectivity index (χ0n) is 6.75. The topological polar surface area (TPSA) is 59.0 Å². The van der Waals surface area contributed by atoms with Crippen molar-refractivity contribution in [3.63, 3.8) is 0 Å². The second-order valence-electron chi connectivity index (χ2n) is 2.87. The van der Waals surface area contributed by atoms with E-state index in [1.54, 1.807) is 12.1 Å². The molecule has 1 atom stereocenters. The Kier molecular flexibility index (Phi) is 1.87. The van der Waals surface area contributed by atoms with Gasteiger partial charge in [0.2, 0.25) is 0 Å². The van der Waals surface area contributed by atoms with Crippen LogP contribution in [0.2, 0.25) is 5.02 Å². The molecule has 0 fully saturated rings. The molecule has 4 heteroatoms. The average molecular weight is 195 g/mol. The first kappa shape index (κ1) is 8.36. The summed E-state index contributed by atoms with van der Waals surface area (Å²) >= 11 is 5.92. The Labute approximate surface area is 80.7 Å². The Morgan fingerprint density at radius 1 is 1.62 bits per heavy atom. The van der Waals surface area contributed by atoms with Gasteiger partial charge >= 0.3 is 0 Å². The molecular weight excluding hydrogens is 188 g/mol. The zero-order chi connectivity index (χ0) is 9.42. The fourth-order valence-electron chi connectivity index (χ4n) is 1.36. The zero-order valence-corrected chi connectivity index (χ0v) is 7.51. The van der Waals surface area contributed by atoms with E-state index in [0.717, 1.165) is 5.56 Å². The van der Waals surface area contributed by atoms with Gasteiger partial charge in [-0.3, -0.25) is 0 Å². The normalized spacial score (nSPS) is 19.0. The lowest BCUT2D eigenvalue weighted by Gasteiger charge is -2.02. The number of rotatable bonds is 0. The predicted molar refractivity (Wildman–Crippen MR) is 48.6 cm³/mol. The number of ether oxygens (including phenoxy) is 1. The van der Waals surface area contributed by atoms with Crippen LogP contribution in [0.1, 0.15) is 17.2 Å². The van der Waals surface area contributed by atoms with Crippen molar-refractivity contribution >= 4 is 11.6 Å². The minimum atomic E-state index is -0.125. The monoisotopic (exact) mass is 194 g/mol. The van der Waals surface area contributed by atoms with Gasteiger partial charge in [0, 0.05) is 5.56 Å². The molecular formula is C9H7ClN2O. The van der Waals surface area contributed by atoms with Gasteiger partial charge in [-0.2, -0.15) is 5.26 Å². The maximum atomic E-state index is 8.69. The molecule has 1 aromatic carbocycles. The summed E-state index contributed by atoms with van der Waals surface area (Å²) < 4.78 is 5.28. The number of benzene rings is 1. The van der Waals surface area contributed by atoms with Crippen molar-refractivity contribution in [3.8, 4) is 11.8 Å². The lowest BCUT2D eigenvalue weighted by molar-refractivity contribution is 0.333. The third kappa shape index (κ3) is 1.15. The van der Waals surface area contributed by atoms with Crippen molar-refractivity contribution in [2.45, 2.75) is 6.04 Å². The Morgan fingerprint density at radius 3 is 3.08 bits per heavy atom. The summed E-state index contributed by atoms with van der Waals surface area (Å²) in [6.45, 7) is 0.434. The molecule has 0 saturated heterocycles. The lowest BCUT2D eigenvalue weighted by Crippen LogP contribution is -2.10. The van der Waals surface area contributed by atoms with Gasteiger partial charge in [0.15, 0.2) is 0 Å². The van der Waals surface area contributed by atoms with E-state index in [9.17, 15) is 0 Å². The van der Waals surface area contributed by atoms with E-state index < -0.39 is 0 Å². The summed E-state index contributed by atoms with van der Waals surface area (Å²) in [7, 11) is 0. The van der Waals surface area contributed by atoms with Crippen LogP contribution in [0.25, 0.3) is 0 Å². The Bertz CT molecular complexity index is 397. The Hall–Kier alpha value is -1.24. The van der Waals surface area contributed by atoms with E-state index in [-0.39, 0.29) is 6.04 Å². The van der Waals surface area contributed by atoms with E-state index in [4.69, 9.17) is 27.3 Å². The second-order valence-corrected chi connectivity index (χ2v) is 3.25. The first-order chi connectivity index (χ1) is 6.24. The number of hydrogen-bond acceptors (Lipinski definition) is 3. The third-order valence-electron chi connectivity index (χ3n) is 2.05. The molecule has 2 N–H and O–H groups in total. The molecule has 0 amide bonds. The summed E-state index contributed by atoms with van der Waals surface area (Å²) in [6.07, 6.45) is 0.